The van der Waals surface area contributed by atoms with Gasteiger partial charge in [-0.25, -0.2) is 8.42 Å². The van der Waals surface area contributed by atoms with E-state index in [1.807, 2.05) is 24.3 Å². The molecule has 1 aliphatic rings. The molecular weight excluding hydrogens is 316 g/mol. The molecule has 1 aromatic carbocycles. The first-order chi connectivity index (χ1) is 11.1. The van der Waals surface area contributed by atoms with E-state index < -0.39 is 9.84 Å². The van der Waals surface area contributed by atoms with Crippen LogP contribution < -0.4 is 0 Å². The largest absolute Gasteiger partial charge is 0.377 e. The molecule has 2 aromatic rings. The first kappa shape index (κ1) is 16.1. The quantitative estimate of drug-likeness (QED) is 0.805. The van der Waals surface area contributed by atoms with Crippen LogP contribution in [0.2, 0.25) is 0 Å². The van der Waals surface area contributed by atoms with Crippen molar-refractivity contribution >= 4 is 9.84 Å². The smallest absolute Gasteiger partial charge is 0.242 e. The number of hydrogen-bond donors (Lipinski definition) is 0. The zero-order valence-electron chi connectivity index (χ0n) is 13.1. The summed E-state index contributed by atoms with van der Waals surface area (Å²) in [5, 5.41) is 3.88. The molecule has 1 aromatic heterocycles. The lowest BCUT2D eigenvalue weighted by molar-refractivity contribution is 0.127. The molecule has 0 radical (unpaired) electrons. The molecule has 7 heteroatoms. The van der Waals surface area contributed by atoms with Crippen LogP contribution in [0.5, 0.6) is 0 Å². The summed E-state index contributed by atoms with van der Waals surface area (Å²) < 4.78 is 34.8. The average Bonchev–Trinajstić information content (AvgIpc) is 3.18. The summed E-state index contributed by atoms with van der Waals surface area (Å²) in [6, 6.07) is 7.82. The fraction of sp³-hybridized carbons (Fsp3) is 0.500. The summed E-state index contributed by atoms with van der Waals surface area (Å²) in [7, 11) is -3.32. The van der Waals surface area contributed by atoms with Crippen molar-refractivity contribution in [3.63, 3.8) is 0 Å². The van der Waals surface area contributed by atoms with E-state index >= 15 is 0 Å². The first-order valence-electron chi connectivity index (χ1n) is 7.79. The van der Waals surface area contributed by atoms with Gasteiger partial charge in [0.1, 0.15) is 5.75 Å². The van der Waals surface area contributed by atoms with Crippen LogP contribution in [0, 0.1) is 0 Å². The molecule has 3 rings (SSSR count). The molecule has 0 N–H and O–H groups in total. The first-order valence-corrected chi connectivity index (χ1v) is 9.62. The van der Waals surface area contributed by atoms with Crippen molar-refractivity contribution in [1.29, 1.82) is 0 Å². The van der Waals surface area contributed by atoms with Crippen LogP contribution in [0.15, 0.2) is 28.8 Å². The second kappa shape index (κ2) is 6.80. The average molecular weight is 336 g/mol. The van der Waals surface area contributed by atoms with Gasteiger partial charge in [-0.3, -0.25) is 0 Å². The van der Waals surface area contributed by atoms with E-state index in [1.54, 1.807) is 0 Å². The Kier molecular flexibility index (Phi) is 4.77. The zero-order chi connectivity index (χ0) is 16.3. The Balaban J connectivity index is 1.68. The highest BCUT2D eigenvalue weighted by atomic mass is 32.2. The van der Waals surface area contributed by atoms with E-state index in [0.29, 0.717) is 12.4 Å². The van der Waals surface area contributed by atoms with Gasteiger partial charge in [-0.2, -0.15) is 4.98 Å². The van der Waals surface area contributed by atoms with Crippen molar-refractivity contribution in [2.75, 3.05) is 12.4 Å². The molecule has 1 atom stereocenters. The molecule has 0 saturated carbocycles. The lowest BCUT2D eigenvalue weighted by atomic mass is 10.1. The monoisotopic (exact) mass is 336 g/mol. The molecule has 0 spiro atoms. The van der Waals surface area contributed by atoms with Gasteiger partial charge in [0.05, 0.1) is 11.9 Å². The van der Waals surface area contributed by atoms with Crippen LogP contribution in [0.1, 0.15) is 31.2 Å². The summed E-state index contributed by atoms with van der Waals surface area (Å²) in [4.78, 5) is 4.20. The summed E-state index contributed by atoms with van der Waals surface area (Å²) in [5.74, 6) is 0.301. The lowest BCUT2D eigenvalue weighted by Crippen LogP contribution is -2.21. The predicted octanol–water partition coefficient (Wildman–Crippen LogP) is 2.39. The third-order valence-corrected chi connectivity index (χ3v) is 5.46. The summed E-state index contributed by atoms with van der Waals surface area (Å²) >= 11 is 0. The fourth-order valence-corrected chi connectivity index (χ4v) is 4.07. The molecule has 124 valence electrons. The molecule has 0 aliphatic carbocycles. The van der Waals surface area contributed by atoms with Crippen molar-refractivity contribution in [1.82, 2.24) is 10.1 Å². The number of hydrogen-bond acceptors (Lipinski definition) is 6. The van der Waals surface area contributed by atoms with Gasteiger partial charge in [-0.1, -0.05) is 36.3 Å². The maximum atomic E-state index is 12.2. The van der Waals surface area contributed by atoms with E-state index in [2.05, 4.69) is 17.1 Å². The Labute approximate surface area is 135 Å². The van der Waals surface area contributed by atoms with E-state index in [1.165, 1.54) is 5.56 Å². The molecule has 1 unspecified atom stereocenters. The highest BCUT2D eigenvalue weighted by Gasteiger charge is 2.25. The van der Waals surface area contributed by atoms with Crippen LogP contribution in [-0.4, -0.2) is 37.0 Å². The van der Waals surface area contributed by atoms with Crippen molar-refractivity contribution in [2.45, 2.75) is 38.0 Å². The van der Waals surface area contributed by atoms with Gasteiger partial charge in [0, 0.05) is 12.2 Å². The number of rotatable bonds is 6. The minimum absolute atomic E-state index is 0.00983. The van der Waals surface area contributed by atoms with Crippen molar-refractivity contribution in [3.05, 3.63) is 35.7 Å². The molecule has 1 aliphatic heterocycles. The van der Waals surface area contributed by atoms with Gasteiger partial charge < -0.3 is 9.26 Å². The highest BCUT2D eigenvalue weighted by molar-refractivity contribution is 7.90. The van der Waals surface area contributed by atoms with Crippen LogP contribution in [0.4, 0.5) is 0 Å². The minimum atomic E-state index is -3.32. The second-order valence-electron chi connectivity index (χ2n) is 5.75. The maximum Gasteiger partial charge on any atom is 0.242 e. The Bertz CT molecular complexity index is 747. The predicted molar refractivity (Wildman–Crippen MR) is 85.6 cm³/mol. The standard InChI is InChI=1S/C16H20N2O4S/c1-2-12-5-7-13(8-6-12)16-17-15(22-18-16)11-23(19,20)10-14-4-3-9-21-14/h5-8,14H,2-4,9-11H2,1H3. The number of aromatic nitrogens is 2. The summed E-state index contributed by atoms with van der Waals surface area (Å²) in [6.45, 7) is 2.72. The molecule has 0 bridgehead atoms. The van der Waals surface area contributed by atoms with Crippen LogP contribution in [-0.2, 0) is 26.7 Å². The lowest BCUT2D eigenvalue weighted by Gasteiger charge is -2.08. The summed E-state index contributed by atoms with van der Waals surface area (Å²) in [6.07, 6.45) is 2.46. The van der Waals surface area contributed by atoms with Gasteiger partial charge in [-0.15, -0.1) is 0 Å². The zero-order valence-corrected chi connectivity index (χ0v) is 13.9. The van der Waals surface area contributed by atoms with Gasteiger partial charge >= 0.3 is 0 Å². The second-order valence-corrected chi connectivity index (χ2v) is 7.86. The molecule has 6 nitrogen and oxygen atoms in total. The fourth-order valence-electron chi connectivity index (χ4n) is 2.63. The Morgan fingerprint density at radius 1 is 1.26 bits per heavy atom. The third kappa shape index (κ3) is 4.17. The van der Waals surface area contributed by atoms with E-state index in [4.69, 9.17) is 9.26 Å². The highest BCUT2D eigenvalue weighted by Crippen LogP contribution is 2.19. The van der Waals surface area contributed by atoms with Crippen molar-refractivity contribution in [2.24, 2.45) is 0 Å². The third-order valence-electron chi connectivity index (χ3n) is 3.90. The molecular formula is C16H20N2O4S. The number of nitrogens with zero attached hydrogens (tertiary/aromatic N) is 2. The van der Waals surface area contributed by atoms with Crippen molar-refractivity contribution < 1.29 is 17.7 Å². The van der Waals surface area contributed by atoms with Gasteiger partial charge in [0.15, 0.2) is 9.84 Å². The van der Waals surface area contributed by atoms with Crippen LogP contribution >= 0.6 is 0 Å². The van der Waals surface area contributed by atoms with Crippen molar-refractivity contribution in [3.8, 4) is 11.4 Å². The molecule has 1 fully saturated rings. The normalized spacial score (nSPS) is 18.4. The molecule has 23 heavy (non-hydrogen) atoms. The summed E-state index contributed by atoms with van der Waals surface area (Å²) in [5.41, 5.74) is 2.03. The van der Waals surface area contributed by atoms with Crippen LogP contribution in [0.25, 0.3) is 11.4 Å². The Morgan fingerprint density at radius 3 is 2.70 bits per heavy atom. The molecule has 1 saturated heterocycles. The van der Waals surface area contributed by atoms with E-state index in [0.717, 1.165) is 24.8 Å². The van der Waals surface area contributed by atoms with Gasteiger partial charge in [0.25, 0.3) is 0 Å². The molecule has 2 heterocycles. The van der Waals surface area contributed by atoms with E-state index in [-0.39, 0.29) is 23.5 Å². The topological polar surface area (TPSA) is 82.3 Å². The Hall–Kier alpha value is -1.73. The minimum Gasteiger partial charge on any atom is -0.377 e. The number of sulfone groups is 1. The maximum absolute atomic E-state index is 12.2. The number of aryl methyl sites for hydroxylation is 1. The van der Waals surface area contributed by atoms with Crippen LogP contribution in [0.3, 0.4) is 0 Å². The SMILES string of the molecule is CCc1ccc(-c2noc(CS(=O)(=O)CC3CCCO3)n2)cc1. The number of benzene rings is 1. The molecule has 0 amide bonds. The van der Waals surface area contributed by atoms with Gasteiger partial charge in [-0.05, 0) is 24.8 Å². The van der Waals surface area contributed by atoms with Gasteiger partial charge in [0.2, 0.25) is 11.7 Å². The van der Waals surface area contributed by atoms with E-state index in [9.17, 15) is 8.42 Å². The Morgan fingerprint density at radius 2 is 2.04 bits per heavy atom. The number of ether oxygens (including phenoxy) is 1.